The number of halogens is 5. The molecule has 4 fully saturated rings. The van der Waals surface area contributed by atoms with Gasteiger partial charge in [-0.05, 0) is 55.2 Å². The number of alkyl halides is 3. The second-order valence-corrected chi connectivity index (χ2v) is 10.3. The largest absolute Gasteiger partial charge is 0.573 e. The molecule has 4 aromatic rings. The predicted octanol–water partition coefficient (Wildman–Crippen LogP) is 5.87. The van der Waals surface area contributed by atoms with Crippen LogP contribution in [0, 0.1) is 34.8 Å². The van der Waals surface area contributed by atoms with Crippen molar-refractivity contribution < 1.29 is 36.6 Å². The number of hydrogen-bond acceptors (Lipinski definition) is 5. The third-order valence-corrected chi connectivity index (χ3v) is 8.52. The zero-order valence-electron chi connectivity index (χ0n) is 19.4. The van der Waals surface area contributed by atoms with Crippen LogP contribution in [-0.4, -0.2) is 38.4 Å². The van der Waals surface area contributed by atoms with Crippen LogP contribution in [0.5, 0.6) is 5.75 Å². The number of para-hydroxylation sites is 1. The second-order valence-electron chi connectivity index (χ2n) is 10.3. The summed E-state index contributed by atoms with van der Waals surface area (Å²) < 4.78 is 72.4. The van der Waals surface area contributed by atoms with Crippen molar-refractivity contribution in [1.82, 2.24) is 15.0 Å². The zero-order valence-corrected chi connectivity index (χ0v) is 19.4. The first-order valence-electron chi connectivity index (χ1n) is 12.1. The number of rotatable bonds is 5. The molecule has 4 aliphatic carbocycles. The Labute approximate surface area is 211 Å². The van der Waals surface area contributed by atoms with Crippen LogP contribution < -0.4 is 10.1 Å². The number of fused-ring (bicyclic) bond motifs is 3. The number of H-pyrrole nitrogens is 1. The molecule has 12 heteroatoms. The van der Waals surface area contributed by atoms with Gasteiger partial charge in [0.2, 0.25) is 0 Å². The fourth-order valence-corrected chi connectivity index (χ4v) is 7.09. The van der Waals surface area contributed by atoms with E-state index < -0.39 is 41.2 Å². The van der Waals surface area contributed by atoms with Gasteiger partial charge in [0, 0.05) is 34.6 Å². The summed E-state index contributed by atoms with van der Waals surface area (Å²) >= 11 is 0. The van der Waals surface area contributed by atoms with Gasteiger partial charge in [0.1, 0.15) is 23.0 Å². The summed E-state index contributed by atoms with van der Waals surface area (Å²) in [5.41, 5.74) is -0.982. The lowest BCUT2D eigenvalue weighted by Gasteiger charge is -2.35. The molecule has 0 radical (unpaired) electrons. The van der Waals surface area contributed by atoms with Gasteiger partial charge < -0.3 is 20.1 Å². The van der Waals surface area contributed by atoms with Crippen LogP contribution in [0.1, 0.15) is 19.3 Å². The van der Waals surface area contributed by atoms with Crippen LogP contribution in [0.4, 0.5) is 27.8 Å². The first-order valence-corrected chi connectivity index (χ1v) is 12.1. The number of carboxylic acids is 1. The maximum atomic E-state index is 14.4. The SMILES string of the molecule is O=C(O)[C@@]12C3CCC(CC31)[C@@H]2Nc1nc(-c2c[nH]c3c(F)cc(F)cc23)nc2c(OC(F)(F)F)cccc12. The number of nitrogens with one attached hydrogen (secondary N) is 2. The van der Waals surface area contributed by atoms with Gasteiger partial charge in [-0.2, -0.15) is 0 Å². The van der Waals surface area contributed by atoms with E-state index in [-0.39, 0.29) is 56.8 Å². The lowest BCUT2D eigenvalue weighted by atomic mass is 9.77. The molecule has 8 rings (SSSR count). The minimum absolute atomic E-state index is 0.0156. The van der Waals surface area contributed by atoms with E-state index in [0.29, 0.717) is 6.07 Å². The minimum Gasteiger partial charge on any atom is -0.481 e. The van der Waals surface area contributed by atoms with E-state index in [1.807, 2.05) is 0 Å². The molecule has 4 saturated carbocycles. The number of aliphatic carboxylic acids is 1. The van der Waals surface area contributed by atoms with Gasteiger partial charge in [0.05, 0.1) is 10.9 Å². The molecule has 196 valence electrons. The van der Waals surface area contributed by atoms with Crippen molar-refractivity contribution in [3.63, 3.8) is 0 Å². The van der Waals surface area contributed by atoms with Gasteiger partial charge in [-0.25, -0.2) is 18.7 Å². The topological polar surface area (TPSA) is 100 Å². The predicted molar refractivity (Wildman–Crippen MR) is 125 cm³/mol. The molecule has 3 unspecified atom stereocenters. The summed E-state index contributed by atoms with van der Waals surface area (Å²) in [5.74, 6) is -2.98. The first-order chi connectivity index (χ1) is 18.1. The van der Waals surface area contributed by atoms with Crippen molar-refractivity contribution in [2.45, 2.75) is 31.7 Å². The molecule has 2 heterocycles. The summed E-state index contributed by atoms with van der Waals surface area (Å²) in [5, 5.41) is 13.7. The zero-order chi connectivity index (χ0) is 26.6. The Morgan fingerprint density at radius 1 is 1.13 bits per heavy atom. The van der Waals surface area contributed by atoms with Crippen LogP contribution in [0.15, 0.2) is 36.5 Å². The van der Waals surface area contributed by atoms with E-state index in [9.17, 15) is 31.9 Å². The fraction of sp³-hybridized carbons (Fsp3) is 0.346. The number of carbonyl (C=O) groups is 1. The average molecular weight is 530 g/mol. The number of ether oxygens (including phenoxy) is 1. The molecule has 3 N–H and O–H groups in total. The third kappa shape index (κ3) is 3.15. The van der Waals surface area contributed by atoms with Gasteiger partial charge in [-0.1, -0.05) is 6.07 Å². The summed E-state index contributed by atoms with van der Waals surface area (Å²) in [6, 6.07) is 5.30. The number of aromatic nitrogens is 3. The Kier molecular flexibility index (Phi) is 4.60. The lowest BCUT2D eigenvalue weighted by Crippen LogP contribution is -2.43. The molecule has 0 amide bonds. The number of aromatic amines is 1. The van der Waals surface area contributed by atoms with E-state index in [1.165, 1.54) is 18.3 Å². The smallest absolute Gasteiger partial charge is 0.481 e. The Hall–Kier alpha value is -3.96. The summed E-state index contributed by atoms with van der Waals surface area (Å²) in [4.78, 5) is 24.0. The van der Waals surface area contributed by atoms with Gasteiger partial charge in [-0.15, -0.1) is 13.2 Å². The lowest BCUT2D eigenvalue weighted by molar-refractivity contribution is -0.274. The molecule has 5 atom stereocenters. The van der Waals surface area contributed by atoms with Crippen molar-refractivity contribution in [1.29, 1.82) is 0 Å². The third-order valence-electron chi connectivity index (χ3n) is 8.52. The van der Waals surface area contributed by atoms with E-state index in [1.54, 1.807) is 0 Å². The van der Waals surface area contributed by atoms with Crippen molar-refractivity contribution in [3.05, 3.63) is 48.2 Å². The van der Waals surface area contributed by atoms with Gasteiger partial charge in [0.15, 0.2) is 11.6 Å². The molecule has 2 aromatic heterocycles. The van der Waals surface area contributed by atoms with Gasteiger partial charge in [0.25, 0.3) is 0 Å². The molecule has 0 spiro atoms. The second kappa shape index (κ2) is 7.55. The Bertz CT molecular complexity index is 1650. The molecule has 0 aliphatic heterocycles. The normalized spacial score (nSPS) is 27.6. The summed E-state index contributed by atoms with van der Waals surface area (Å²) in [6.45, 7) is 0. The van der Waals surface area contributed by atoms with E-state index >= 15 is 0 Å². The van der Waals surface area contributed by atoms with E-state index in [4.69, 9.17) is 0 Å². The van der Waals surface area contributed by atoms with E-state index in [0.717, 1.165) is 31.4 Å². The summed E-state index contributed by atoms with van der Waals surface area (Å²) in [7, 11) is 0. The molecule has 4 bridgehead atoms. The molecular weight excluding hydrogens is 511 g/mol. The molecular formula is C26H19F5N4O3. The summed E-state index contributed by atoms with van der Waals surface area (Å²) in [6.07, 6.45) is -1.23. The highest BCUT2D eigenvalue weighted by atomic mass is 19.4. The quantitative estimate of drug-likeness (QED) is 0.279. The Morgan fingerprint density at radius 2 is 1.95 bits per heavy atom. The molecule has 2 aromatic carbocycles. The number of hydrogen-bond donors (Lipinski definition) is 3. The molecule has 0 saturated heterocycles. The fourth-order valence-electron chi connectivity index (χ4n) is 7.09. The van der Waals surface area contributed by atoms with Crippen LogP contribution in [0.25, 0.3) is 33.2 Å². The van der Waals surface area contributed by atoms with Crippen LogP contribution in [0.2, 0.25) is 0 Å². The molecule has 7 nitrogen and oxygen atoms in total. The highest BCUT2D eigenvalue weighted by Crippen LogP contribution is 2.76. The molecule has 38 heavy (non-hydrogen) atoms. The van der Waals surface area contributed by atoms with Crippen molar-refractivity contribution in [3.8, 4) is 17.1 Å². The maximum Gasteiger partial charge on any atom is 0.573 e. The van der Waals surface area contributed by atoms with Crippen molar-refractivity contribution in [2.24, 2.45) is 23.2 Å². The standard InChI is InChI=1S/C26H19F5N4O3/c27-11-7-13-14(9-32-19(13)17(28)8-11)23-33-20-12(2-1-3-18(20)38-26(29,30)31)22(35-23)34-21-10-4-5-15-16(6-10)25(15,21)24(36)37/h1-3,7-10,15-16,21,32H,4-6H2,(H,36,37)(H,33,34,35)/t10?,15?,16?,21-,25-/m0/s1. The van der Waals surface area contributed by atoms with Crippen LogP contribution in [-0.2, 0) is 4.79 Å². The highest BCUT2D eigenvalue weighted by molar-refractivity contribution is 5.99. The number of nitrogens with zero attached hydrogens (tertiary/aromatic N) is 2. The van der Waals surface area contributed by atoms with Crippen LogP contribution in [0.3, 0.4) is 0 Å². The minimum atomic E-state index is -5.00. The number of carboxylic acid groups (broad SMARTS) is 1. The first kappa shape index (κ1) is 23.2. The number of benzene rings is 2. The van der Waals surface area contributed by atoms with E-state index in [2.05, 4.69) is 25.0 Å². The van der Waals surface area contributed by atoms with Crippen LogP contribution >= 0.6 is 0 Å². The van der Waals surface area contributed by atoms with Gasteiger partial charge in [-0.3, -0.25) is 4.79 Å². The highest BCUT2D eigenvalue weighted by Gasteiger charge is 2.80. The Balaban J connectivity index is 1.42. The number of anilines is 1. The average Bonchev–Trinajstić information content (AvgIpc) is 3.18. The monoisotopic (exact) mass is 530 g/mol. The van der Waals surface area contributed by atoms with Gasteiger partial charge >= 0.3 is 12.3 Å². The maximum absolute atomic E-state index is 14.4. The van der Waals surface area contributed by atoms with Crippen molar-refractivity contribution in [2.75, 3.05) is 5.32 Å². The Morgan fingerprint density at radius 3 is 2.68 bits per heavy atom. The molecule has 4 aliphatic rings. The van der Waals surface area contributed by atoms with Crippen molar-refractivity contribution >= 4 is 33.6 Å².